The van der Waals surface area contributed by atoms with E-state index in [0.717, 1.165) is 32.1 Å². The summed E-state index contributed by atoms with van der Waals surface area (Å²) >= 11 is 1.35. The summed E-state index contributed by atoms with van der Waals surface area (Å²) in [5, 5.41) is 15.9. The minimum Gasteiger partial charge on any atom is -0.449 e. The number of esters is 1. The van der Waals surface area contributed by atoms with Crippen LogP contribution >= 0.6 is 22.1 Å². The molecule has 2 fully saturated rings. The Morgan fingerprint density at radius 3 is 2.56 bits per heavy atom. The molecular weight excluding hydrogens is 585 g/mol. The van der Waals surface area contributed by atoms with Crippen LogP contribution in [0, 0.1) is 5.92 Å². The third kappa shape index (κ3) is 7.15. The van der Waals surface area contributed by atoms with Crippen LogP contribution in [-0.4, -0.2) is 53.5 Å². The second-order valence-electron chi connectivity index (χ2n) is 11.1. The number of aromatic nitrogens is 1. The van der Waals surface area contributed by atoms with E-state index in [9.17, 15) is 28.5 Å². The number of aliphatic hydroxyl groups is 1. The average Bonchev–Trinajstić information content (AvgIpc) is 3.47. The molecule has 222 valence electrons. The van der Waals surface area contributed by atoms with E-state index < -0.39 is 55.1 Å². The first-order valence-electron chi connectivity index (χ1n) is 13.8. The lowest BCUT2D eigenvalue weighted by Gasteiger charge is -2.36. The average molecular weight is 621 g/mol. The molecule has 1 spiro atoms. The molecule has 41 heavy (non-hydrogen) atoms. The van der Waals surface area contributed by atoms with Crippen molar-refractivity contribution >= 4 is 60.8 Å². The summed E-state index contributed by atoms with van der Waals surface area (Å²) in [6, 6.07) is -0.452. The highest BCUT2D eigenvalue weighted by molar-refractivity contribution is 8.76. The van der Waals surface area contributed by atoms with Gasteiger partial charge in [-0.1, -0.05) is 37.0 Å². The van der Waals surface area contributed by atoms with Crippen molar-refractivity contribution in [2.75, 3.05) is 0 Å². The largest absolute Gasteiger partial charge is 0.449 e. The summed E-state index contributed by atoms with van der Waals surface area (Å²) in [5.74, 6) is -1.53. The number of carbonyl (C=O) groups excluding carboxylic acids is 4. The molecule has 5 atom stereocenters. The number of allylic oxidation sites excluding steroid dienone is 3. The monoisotopic (exact) mass is 620 g/mol. The number of nitrogens with zero attached hydrogens (tertiary/aromatic N) is 1. The minimum atomic E-state index is -2.02. The third-order valence-electron chi connectivity index (χ3n) is 7.95. The number of ketones is 1. The summed E-state index contributed by atoms with van der Waals surface area (Å²) < 4.78 is 17.5. The Balaban J connectivity index is 1.68. The van der Waals surface area contributed by atoms with Gasteiger partial charge in [-0.05, 0) is 64.7 Å². The molecule has 12 heteroatoms. The number of hydrogen-bond acceptors (Lipinski definition) is 10. The fraction of sp³-hybridized carbons (Fsp3) is 0.552. The van der Waals surface area contributed by atoms with E-state index in [2.05, 4.69) is 10.3 Å². The molecule has 4 rings (SSSR count). The van der Waals surface area contributed by atoms with Crippen molar-refractivity contribution in [3.63, 3.8) is 0 Å². The summed E-state index contributed by atoms with van der Waals surface area (Å²) in [5.41, 5.74) is -0.739. The molecule has 1 aliphatic carbocycles. The van der Waals surface area contributed by atoms with Crippen LogP contribution in [0.5, 0.6) is 0 Å². The van der Waals surface area contributed by atoms with E-state index in [4.69, 9.17) is 4.74 Å². The van der Waals surface area contributed by atoms with Crippen LogP contribution in [0.2, 0.25) is 0 Å². The van der Waals surface area contributed by atoms with Gasteiger partial charge in [-0.2, -0.15) is 0 Å². The van der Waals surface area contributed by atoms with E-state index >= 15 is 0 Å². The number of rotatable bonds is 2. The molecule has 2 bridgehead atoms. The molecule has 1 unspecified atom stereocenters. The highest BCUT2D eigenvalue weighted by atomic mass is 33.1. The number of nitrogens with one attached hydrogen (secondary N) is 1. The SMILES string of the molecule is C/C1=C\[C@@H](OC(=O)C2CCCCC2)C(=O)/C=C/C=C\c2csc(n2)[C@@H](C)NC(=O)C[C@@]2(CC1)S(=O)SC(=O)[C@]2(C)O. The molecule has 0 radical (unpaired) electrons. The normalized spacial score (nSPS) is 35.2. The van der Waals surface area contributed by atoms with E-state index in [1.165, 1.54) is 24.3 Å². The maximum atomic E-state index is 13.3. The van der Waals surface area contributed by atoms with Crippen LogP contribution < -0.4 is 5.32 Å². The van der Waals surface area contributed by atoms with Gasteiger partial charge in [0, 0.05) is 22.6 Å². The van der Waals surface area contributed by atoms with Crippen molar-refractivity contribution in [1.29, 1.82) is 0 Å². The highest BCUT2D eigenvalue weighted by Gasteiger charge is 2.63. The van der Waals surface area contributed by atoms with Crippen molar-refractivity contribution in [1.82, 2.24) is 10.3 Å². The number of fused-ring (bicyclic) bond motifs is 2. The van der Waals surface area contributed by atoms with Gasteiger partial charge in [0.1, 0.15) is 15.4 Å². The Morgan fingerprint density at radius 2 is 1.88 bits per heavy atom. The Morgan fingerprint density at radius 1 is 1.17 bits per heavy atom. The van der Waals surface area contributed by atoms with Gasteiger partial charge < -0.3 is 15.2 Å². The summed E-state index contributed by atoms with van der Waals surface area (Å²) in [6.07, 6.45) is 11.0. The van der Waals surface area contributed by atoms with Gasteiger partial charge in [0.05, 0.1) is 27.5 Å². The van der Waals surface area contributed by atoms with Crippen LogP contribution in [0.3, 0.4) is 0 Å². The van der Waals surface area contributed by atoms with Crippen molar-refractivity contribution in [2.45, 2.75) is 94.6 Å². The zero-order valence-corrected chi connectivity index (χ0v) is 25.9. The van der Waals surface area contributed by atoms with E-state index in [-0.39, 0.29) is 25.2 Å². The zero-order chi connectivity index (χ0) is 29.8. The Hall–Kier alpha value is -2.41. The maximum absolute atomic E-state index is 13.3. The number of thiazole rings is 1. The van der Waals surface area contributed by atoms with Gasteiger partial charge in [0.2, 0.25) is 11.0 Å². The van der Waals surface area contributed by atoms with Gasteiger partial charge >= 0.3 is 5.97 Å². The summed E-state index contributed by atoms with van der Waals surface area (Å²) in [7, 11) is -1.36. The minimum absolute atomic E-state index is 0.0347. The molecule has 9 nitrogen and oxygen atoms in total. The predicted molar refractivity (Wildman–Crippen MR) is 160 cm³/mol. The van der Waals surface area contributed by atoms with E-state index in [0.29, 0.717) is 27.1 Å². The number of hydrogen-bond donors (Lipinski definition) is 2. The fourth-order valence-corrected chi connectivity index (χ4v) is 10.0. The second-order valence-corrected chi connectivity index (χ2v) is 15.2. The lowest BCUT2D eigenvalue weighted by Crippen LogP contribution is -2.55. The number of ether oxygens (including phenoxy) is 1. The lowest BCUT2D eigenvalue weighted by atomic mass is 9.81. The van der Waals surface area contributed by atoms with Crippen molar-refractivity contribution < 1.29 is 33.2 Å². The molecule has 3 aliphatic rings. The van der Waals surface area contributed by atoms with Gasteiger partial charge in [-0.3, -0.25) is 19.2 Å². The predicted octanol–water partition coefficient (Wildman–Crippen LogP) is 4.51. The quantitative estimate of drug-likeness (QED) is 0.278. The Bertz CT molecular complexity index is 1310. The fourth-order valence-electron chi connectivity index (χ4n) is 5.29. The van der Waals surface area contributed by atoms with Gasteiger partial charge in [0.25, 0.3) is 0 Å². The highest BCUT2D eigenvalue weighted by Crippen LogP contribution is 2.50. The van der Waals surface area contributed by atoms with Crippen LogP contribution in [0.25, 0.3) is 6.08 Å². The molecule has 2 aliphatic heterocycles. The second kappa shape index (κ2) is 13.3. The third-order valence-corrected chi connectivity index (χ3v) is 12.9. The van der Waals surface area contributed by atoms with Crippen molar-refractivity contribution in [3.05, 3.63) is 46.0 Å². The smallest absolute Gasteiger partial charge is 0.309 e. The Labute approximate surface area is 250 Å². The molecule has 1 saturated heterocycles. The van der Waals surface area contributed by atoms with Crippen molar-refractivity contribution in [2.24, 2.45) is 5.92 Å². The number of carbonyl (C=O) groups is 4. The van der Waals surface area contributed by atoms with Gasteiger partial charge in [-0.15, -0.1) is 11.3 Å². The summed E-state index contributed by atoms with van der Waals surface area (Å²) in [4.78, 5) is 56.5. The van der Waals surface area contributed by atoms with Crippen LogP contribution in [0.4, 0.5) is 0 Å². The van der Waals surface area contributed by atoms with E-state index in [1.807, 2.05) is 5.38 Å². The maximum Gasteiger partial charge on any atom is 0.309 e. The molecule has 2 N–H and O–H groups in total. The molecule has 0 aromatic carbocycles. The lowest BCUT2D eigenvalue weighted by molar-refractivity contribution is -0.156. The summed E-state index contributed by atoms with van der Waals surface area (Å²) in [6.45, 7) is 4.82. The van der Waals surface area contributed by atoms with Crippen LogP contribution in [-0.2, 0) is 33.7 Å². The van der Waals surface area contributed by atoms with Gasteiger partial charge in [-0.25, -0.2) is 9.19 Å². The molecule has 1 saturated carbocycles. The van der Waals surface area contributed by atoms with E-state index in [1.54, 1.807) is 38.2 Å². The molecule has 3 heterocycles. The van der Waals surface area contributed by atoms with Crippen molar-refractivity contribution in [3.8, 4) is 0 Å². The van der Waals surface area contributed by atoms with Crippen LogP contribution in [0.15, 0.2) is 35.3 Å². The van der Waals surface area contributed by atoms with Crippen LogP contribution in [0.1, 0.15) is 88.9 Å². The molecule has 1 aromatic rings. The number of amides is 1. The first kappa shape index (κ1) is 31.5. The first-order valence-corrected chi connectivity index (χ1v) is 17.2. The standard InChI is InChI=1S/C29H36N2O7S3/c1-18-13-14-29(28(3,36)27(35)40-41(29)37)16-24(33)30-19(2)25-31-21(17-39-25)11-7-8-12-22(32)23(15-18)38-26(34)20-9-5-4-6-10-20/h7-8,11-12,15,17,19-20,23,36H,4-6,9-10,13-14,16H2,1-3H3,(H,30,33)/b11-7-,12-8+,18-15+/t19-,23-,28+,29-,41?/m1/s1. The molecule has 1 amide bonds. The zero-order valence-electron chi connectivity index (χ0n) is 23.4. The first-order chi connectivity index (χ1) is 19.4. The molecule has 1 aromatic heterocycles. The Kier molecular flexibility index (Phi) is 10.2. The topological polar surface area (TPSA) is 140 Å². The van der Waals surface area contributed by atoms with Gasteiger partial charge in [0.15, 0.2) is 11.9 Å². The molecular formula is C29H36N2O7S3.